The van der Waals surface area contributed by atoms with E-state index in [1.165, 1.54) is 5.69 Å². The molecule has 0 saturated carbocycles. The quantitative estimate of drug-likeness (QED) is 0.826. The maximum atomic E-state index is 5.78. The zero-order chi connectivity index (χ0) is 14.4. The second kappa shape index (κ2) is 7.50. The van der Waals surface area contributed by atoms with E-state index in [2.05, 4.69) is 58.0 Å². The van der Waals surface area contributed by atoms with Crippen LogP contribution in [0.25, 0.3) is 0 Å². The van der Waals surface area contributed by atoms with Crippen molar-refractivity contribution >= 4 is 15.9 Å². The number of ether oxygens (including phenoxy) is 1. The molecule has 0 radical (unpaired) electrons. The molecule has 1 N–H and O–H groups in total. The average molecular weight is 337 g/mol. The molecule has 0 aliphatic carbocycles. The number of nitrogens with one attached hydrogen (secondary N) is 1. The minimum atomic E-state index is 0.362. The lowest BCUT2D eigenvalue weighted by Gasteiger charge is -2.16. The first-order chi connectivity index (χ1) is 9.70. The molecule has 1 unspecified atom stereocenters. The lowest BCUT2D eigenvalue weighted by Crippen LogP contribution is -2.21. The summed E-state index contributed by atoms with van der Waals surface area (Å²) in [5.74, 6) is 0.896. The standard InChI is InChI=1S/C16H21BrN2O/c1-3-18-13(2)16-8-5-9-19(16)10-11-20-15-7-4-6-14(17)12-15/h4-9,12-13,18H,3,10-11H2,1-2H3. The Morgan fingerprint density at radius 2 is 2.15 bits per heavy atom. The third-order valence-corrected chi connectivity index (χ3v) is 3.71. The fourth-order valence-electron chi connectivity index (χ4n) is 2.25. The van der Waals surface area contributed by atoms with Crippen LogP contribution in [0, 0.1) is 0 Å². The van der Waals surface area contributed by atoms with Gasteiger partial charge in [0.25, 0.3) is 0 Å². The topological polar surface area (TPSA) is 26.2 Å². The number of benzene rings is 1. The number of aromatic nitrogens is 1. The fourth-order valence-corrected chi connectivity index (χ4v) is 2.63. The van der Waals surface area contributed by atoms with E-state index < -0.39 is 0 Å². The Balaban J connectivity index is 1.90. The van der Waals surface area contributed by atoms with Gasteiger partial charge < -0.3 is 14.6 Å². The molecule has 4 heteroatoms. The molecule has 1 aromatic carbocycles. The zero-order valence-electron chi connectivity index (χ0n) is 12.0. The predicted molar refractivity (Wildman–Crippen MR) is 86.2 cm³/mol. The molecule has 1 atom stereocenters. The van der Waals surface area contributed by atoms with E-state index in [1.807, 2.05) is 24.3 Å². The van der Waals surface area contributed by atoms with E-state index in [-0.39, 0.29) is 0 Å². The van der Waals surface area contributed by atoms with E-state index in [1.54, 1.807) is 0 Å². The maximum Gasteiger partial charge on any atom is 0.120 e. The van der Waals surface area contributed by atoms with E-state index >= 15 is 0 Å². The van der Waals surface area contributed by atoms with Gasteiger partial charge in [-0.25, -0.2) is 0 Å². The largest absolute Gasteiger partial charge is 0.492 e. The Hall–Kier alpha value is -1.26. The van der Waals surface area contributed by atoms with Crippen molar-refractivity contribution in [2.75, 3.05) is 13.2 Å². The molecule has 0 aliphatic rings. The highest BCUT2D eigenvalue weighted by molar-refractivity contribution is 9.10. The zero-order valence-corrected chi connectivity index (χ0v) is 13.6. The summed E-state index contributed by atoms with van der Waals surface area (Å²) < 4.78 is 9.06. The van der Waals surface area contributed by atoms with Crippen molar-refractivity contribution in [3.63, 3.8) is 0 Å². The minimum absolute atomic E-state index is 0.362. The summed E-state index contributed by atoms with van der Waals surface area (Å²) in [6, 6.07) is 12.5. The predicted octanol–water partition coefficient (Wildman–Crippen LogP) is 4.00. The van der Waals surface area contributed by atoms with E-state index in [4.69, 9.17) is 4.74 Å². The van der Waals surface area contributed by atoms with Gasteiger partial charge in [-0.15, -0.1) is 0 Å². The van der Waals surface area contributed by atoms with Gasteiger partial charge in [0, 0.05) is 22.4 Å². The number of hydrogen-bond acceptors (Lipinski definition) is 2. The Kier molecular flexibility index (Phi) is 5.68. The van der Waals surface area contributed by atoms with Crippen molar-refractivity contribution in [1.82, 2.24) is 9.88 Å². The normalized spacial score (nSPS) is 12.3. The lowest BCUT2D eigenvalue weighted by atomic mass is 10.2. The summed E-state index contributed by atoms with van der Waals surface area (Å²) in [6.45, 7) is 6.80. The SMILES string of the molecule is CCNC(C)c1cccn1CCOc1cccc(Br)c1. The summed E-state index contributed by atoms with van der Waals surface area (Å²) in [5.41, 5.74) is 1.30. The Morgan fingerprint density at radius 3 is 2.90 bits per heavy atom. The highest BCUT2D eigenvalue weighted by Crippen LogP contribution is 2.18. The molecular weight excluding hydrogens is 316 g/mol. The van der Waals surface area contributed by atoms with Crippen molar-refractivity contribution in [2.45, 2.75) is 26.4 Å². The molecule has 3 nitrogen and oxygen atoms in total. The molecule has 0 fully saturated rings. The van der Waals surface area contributed by atoms with Crippen LogP contribution in [-0.4, -0.2) is 17.7 Å². The molecule has 0 bridgehead atoms. The number of rotatable bonds is 7. The van der Waals surface area contributed by atoms with Crippen molar-refractivity contribution < 1.29 is 4.74 Å². The van der Waals surface area contributed by atoms with Gasteiger partial charge in [-0.05, 0) is 43.8 Å². The van der Waals surface area contributed by atoms with Crippen LogP contribution in [0.1, 0.15) is 25.6 Å². The van der Waals surface area contributed by atoms with Crippen LogP contribution < -0.4 is 10.1 Å². The summed E-state index contributed by atoms with van der Waals surface area (Å²) in [6.07, 6.45) is 2.10. The summed E-state index contributed by atoms with van der Waals surface area (Å²) >= 11 is 3.45. The summed E-state index contributed by atoms with van der Waals surface area (Å²) in [5, 5.41) is 3.44. The van der Waals surface area contributed by atoms with Gasteiger partial charge in [-0.1, -0.05) is 28.9 Å². The molecule has 1 aromatic heterocycles. The molecule has 0 amide bonds. The second-order valence-corrected chi connectivity index (χ2v) is 5.63. The van der Waals surface area contributed by atoms with E-state index in [0.717, 1.165) is 23.3 Å². The molecule has 0 aliphatic heterocycles. The van der Waals surface area contributed by atoms with Crippen molar-refractivity contribution in [3.05, 3.63) is 52.8 Å². The monoisotopic (exact) mass is 336 g/mol. The van der Waals surface area contributed by atoms with Gasteiger partial charge in [0.15, 0.2) is 0 Å². The molecule has 108 valence electrons. The Bertz CT molecular complexity index is 539. The third-order valence-electron chi connectivity index (χ3n) is 3.22. The third kappa shape index (κ3) is 4.12. The van der Waals surface area contributed by atoms with Crippen LogP contribution in [0.5, 0.6) is 5.75 Å². The van der Waals surface area contributed by atoms with E-state index in [0.29, 0.717) is 12.6 Å². The van der Waals surface area contributed by atoms with Gasteiger partial charge in [0.05, 0.1) is 6.54 Å². The van der Waals surface area contributed by atoms with Crippen LogP contribution in [0.2, 0.25) is 0 Å². The van der Waals surface area contributed by atoms with Crippen LogP contribution in [-0.2, 0) is 6.54 Å². The Morgan fingerprint density at radius 1 is 1.30 bits per heavy atom. The second-order valence-electron chi connectivity index (χ2n) is 4.71. The minimum Gasteiger partial charge on any atom is -0.492 e. The van der Waals surface area contributed by atoms with Crippen molar-refractivity contribution in [1.29, 1.82) is 0 Å². The van der Waals surface area contributed by atoms with Crippen molar-refractivity contribution in [3.8, 4) is 5.75 Å². The fraction of sp³-hybridized carbons (Fsp3) is 0.375. The highest BCUT2D eigenvalue weighted by Gasteiger charge is 2.08. The van der Waals surface area contributed by atoms with Crippen molar-refractivity contribution in [2.24, 2.45) is 0 Å². The average Bonchev–Trinajstić information content (AvgIpc) is 2.87. The van der Waals surface area contributed by atoms with Gasteiger partial charge >= 0.3 is 0 Å². The highest BCUT2D eigenvalue weighted by atomic mass is 79.9. The van der Waals surface area contributed by atoms with Crippen LogP contribution in [0.15, 0.2) is 47.1 Å². The molecule has 2 aromatic rings. The smallest absolute Gasteiger partial charge is 0.120 e. The molecule has 0 spiro atoms. The maximum absolute atomic E-state index is 5.78. The molecular formula is C16H21BrN2O. The first-order valence-corrected chi connectivity index (χ1v) is 7.76. The van der Waals surface area contributed by atoms with Crippen LogP contribution >= 0.6 is 15.9 Å². The Labute approximate surface area is 129 Å². The summed E-state index contributed by atoms with van der Waals surface area (Å²) in [7, 11) is 0. The van der Waals surface area contributed by atoms with E-state index in [9.17, 15) is 0 Å². The molecule has 1 heterocycles. The van der Waals surface area contributed by atoms with Crippen LogP contribution in [0.4, 0.5) is 0 Å². The molecule has 0 saturated heterocycles. The molecule has 20 heavy (non-hydrogen) atoms. The van der Waals surface area contributed by atoms with Gasteiger partial charge in [0.1, 0.15) is 12.4 Å². The van der Waals surface area contributed by atoms with Gasteiger partial charge in [0.2, 0.25) is 0 Å². The first kappa shape index (κ1) is 15.1. The lowest BCUT2D eigenvalue weighted by molar-refractivity contribution is 0.295. The van der Waals surface area contributed by atoms with Crippen LogP contribution in [0.3, 0.4) is 0 Å². The molecule has 2 rings (SSSR count). The summed E-state index contributed by atoms with van der Waals surface area (Å²) in [4.78, 5) is 0. The number of hydrogen-bond donors (Lipinski definition) is 1. The van der Waals surface area contributed by atoms with Gasteiger partial charge in [-0.3, -0.25) is 0 Å². The number of halogens is 1. The first-order valence-electron chi connectivity index (χ1n) is 6.97. The number of nitrogens with zero attached hydrogens (tertiary/aromatic N) is 1. The van der Waals surface area contributed by atoms with Gasteiger partial charge in [-0.2, -0.15) is 0 Å².